The summed E-state index contributed by atoms with van der Waals surface area (Å²) < 4.78 is 0. The molecule has 0 spiro atoms. The number of anilines is 2. The largest absolute Gasteiger partial charge is 0.368 e. The first-order valence-electron chi connectivity index (χ1n) is 9.41. The molecule has 4 N–H and O–H groups in total. The molecule has 2 saturated heterocycles. The molecule has 0 aromatic carbocycles. The van der Waals surface area contributed by atoms with Gasteiger partial charge in [-0.15, -0.1) is 0 Å². The molecule has 0 atom stereocenters. The highest BCUT2D eigenvalue weighted by atomic mass is 16.1. The van der Waals surface area contributed by atoms with Gasteiger partial charge in [0.15, 0.2) is 0 Å². The SMILES string of the molecule is CCc1nc(N)nc(N2CCC(C(N)=O)(N3CCCCC3)CC2)c1C. The highest BCUT2D eigenvalue weighted by Gasteiger charge is 2.45. The van der Waals surface area contributed by atoms with Crippen molar-refractivity contribution in [2.75, 3.05) is 36.8 Å². The Morgan fingerprint density at radius 2 is 1.76 bits per heavy atom. The monoisotopic (exact) mass is 346 g/mol. The number of nitrogen functional groups attached to an aromatic ring is 1. The van der Waals surface area contributed by atoms with Gasteiger partial charge in [-0.1, -0.05) is 13.3 Å². The van der Waals surface area contributed by atoms with Gasteiger partial charge in [-0.2, -0.15) is 4.98 Å². The fourth-order valence-corrected chi connectivity index (χ4v) is 4.35. The van der Waals surface area contributed by atoms with Crippen LogP contribution in [-0.2, 0) is 11.2 Å². The van der Waals surface area contributed by atoms with E-state index in [0.717, 1.165) is 75.4 Å². The van der Waals surface area contributed by atoms with Crippen LogP contribution in [-0.4, -0.2) is 52.5 Å². The summed E-state index contributed by atoms with van der Waals surface area (Å²) in [6.45, 7) is 7.60. The summed E-state index contributed by atoms with van der Waals surface area (Å²) in [7, 11) is 0. The minimum atomic E-state index is -0.503. The standard InChI is InChI=1S/C18H30N6O/c1-3-14-13(2)15(22-17(20)21-14)23-11-7-18(8-12-23,16(19)25)24-9-5-4-6-10-24/h3-12H2,1-2H3,(H2,19,25)(H2,20,21,22). The molecule has 2 aliphatic heterocycles. The van der Waals surface area contributed by atoms with Gasteiger partial charge in [0.1, 0.15) is 11.4 Å². The van der Waals surface area contributed by atoms with Crippen LogP contribution in [0.25, 0.3) is 0 Å². The Morgan fingerprint density at radius 3 is 2.32 bits per heavy atom. The van der Waals surface area contributed by atoms with E-state index < -0.39 is 5.54 Å². The molecule has 2 aliphatic rings. The van der Waals surface area contributed by atoms with Gasteiger partial charge in [-0.3, -0.25) is 9.69 Å². The van der Waals surface area contributed by atoms with E-state index in [1.54, 1.807) is 0 Å². The third-order valence-electron chi connectivity index (χ3n) is 5.88. The van der Waals surface area contributed by atoms with Crippen LogP contribution in [0.15, 0.2) is 0 Å². The number of likely N-dealkylation sites (tertiary alicyclic amines) is 1. The molecule has 3 heterocycles. The third kappa shape index (κ3) is 3.29. The normalized spacial score (nSPS) is 21.3. The second kappa shape index (κ2) is 7.15. The summed E-state index contributed by atoms with van der Waals surface area (Å²) in [5.74, 6) is 1.04. The van der Waals surface area contributed by atoms with Crippen molar-refractivity contribution in [1.82, 2.24) is 14.9 Å². The van der Waals surface area contributed by atoms with Gasteiger partial charge in [0, 0.05) is 18.7 Å². The molecule has 0 bridgehead atoms. The molecule has 0 radical (unpaired) electrons. The zero-order chi connectivity index (χ0) is 18.0. The smallest absolute Gasteiger partial charge is 0.238 e. The molecule has 7 heteroatoms. The summed E-state index contributed by atoms with van der Waals surface area (Å²) >= 11 is 0. The molecule has 2 fully saturated rings. The number of carbonyl (C=O) groups excluding carboxylic acids is 1. The molecule has 0 saturated carbocycles. The van der Waals surface area contributed by atoms with E-state index in [2.05, 4.69) is 26.7 Å². The lowest BCUT2D eigenvalue weighted by atomic mass is 9.83. The number of carbonyl (C=O) groups is 1. The van der Waals surface area contributed by atoms with Crippen molar-refractivity contribution in [2.45, 2.75) is 57.9 Å². The number of piperidine rings is 2. The number of rotatable bonds is 4. The number of nitrogens with zero attached hydrogens (tertiary/aromatic N) is 4. The molecule has 25 heavy (non-hydrogen) atoms. The van der Waals surface area contributed by atoms with Gasteiger partial charge in [0.05, 0.1) is 5.69 Å². The first-order chi connectivity index (χ1) is 12.0. The Balaban J connectivity index is 1.80. The summed E-state index contributed by atoms with van der Waals surface area (Å²) in [5.41, 5.74) is 13.3. The Labute approximate surface area is 149 Å². The van der Waals surface area contributed by atoms with Crippen LogP contribution >= 0.6 is 0 Å². The molecule has 1 aromatic rings. The minimum Gasteiger partial charge on any atom is -0.368 e. The second-order valence-electron chi connectivity index (χ2n) is 7.26. The third-order valence-corrected chi connectivity index (χ3v) is 5.88. The summed E-state index contributed by atoms with van der Waals surface area (Å²) in [6.07, 6.45) is 5.87. The van der Waals surface area contributed by atoms with Gasteiger partial charge in [-0.05, 0) is 52.1 Å². The van der Waals surface area contributed by atoms with Gasteiger partial charge < -0.3 is 16.4 Å². The van der Waals surface area contributed by atoms with Crippen molar-refractivity contribution in [3.05, 3.63) is 11.3 Å². The van der Waals surface area contributed by atoms with Gasteiger partial charge in [0.2, 0.25) is 11.9 Å². The van der Waals surface area contributed by atoms with Crippen LogP contribution in [0.1, 0.15) is 50.3 Å². The van der Waals surface area contributed by atoms with Crippen molar-refractivity contribution in [1.29, 1.82) is 0 Å². The fraction of sp³-hybridized carbons (Fsp3) is 0.722. The molecule has 0 aliphatic carbocycles. The zero-order valence-corrected chi connectivity index (χ0v) is 15.4. The minimum absolute atomic E-state index is 0.178. The Kier molecular flexibility index (Phi) is 5.13. The van der Waals surface area contributed by atoms with Gasteiger partial charge in [0.25, 0.3) is 0 Å². The van der Waals surface area contributed by atoms with Crippen molar-refractivity contribution >= 4 is 17.7 Å². The van der Waals surface area contributed by atoms with Gasteiger partial charge in [-0.25, -0.2) is 4.98 Å². The number of aromatic nitrogens is 2. The number of primary amides is 1. The summed E-state index contributed by atoms with van der Waals surface area (Å²) in [4.78, 5) is 25.7. The highest BCUT2D eigenvalue weighted by Crippen LogP contribution is 2.34. The molecule has 1 aromatic heterocycles. The molecule has 0 unspecified atom stereocenters. The molecular formula is C18H30N6O. The lowest BCUT2D eigenvalue weighted by molar-refractivity contribution is -0.132. The van der Waals surface area contributed by atoms with E-state index in [0.29, 0.717) is 5.95 Å². The van der Waals surface area contributed by atoms with E-state index in [1.165, 1.54) is 6.42 Å². The highest BCUT2D eigenvalue weighted by molar-refractivity contribution is 5.85. The predicted molar refractivity (Wildman–Crippen MR) is 99.4 cm³/mol. The lowest BCUT2D eigenvalue weighted by Crippen LogP contribution is -2.63. The fourth-order valence-electron chi connectivity index (χ4n) is 4.35. The van der Waals surface area contributed by atoms with Crippen LogP contribution in [0.4, 0.5) is 11.8 Å². The number of nitrogens with two attached hydrogens (primary N) is 2. The van der Waals surface area contributed by atoms with E-state index in [9.17, 15) is 4.79 Å². The van der Waals surface area contributed by atoms with Gasteiger partial charge >= 0.3 is 0 Å². The first-order valence-corrected chi connectivity index (χ1v) is 9.41. The maximum Gasteiger partial charge on any atom is 0.238 e. The van der Waals surface area contributed by atoms with E-state index in [4.69, 9.17) is 11.5 Å². The summed E-state index contributed by atoms with van der Waals surface area (Å²) in [6, 6.07) is 0. The Hall–Kier alpha value is -1.89. The first kappa shape index (κ1) is 17.9. The Bertz CT molecular complexity index is 633. The number of amides is 1. The molecule has 7 nitrogen and oxygen atoms in total. The molecule has 3 rings (SSSR count). The van der Waals surface area contributed by atoms with Crippen LogP contribution in [0, 0.1) is 6.92 Å². The molecule has 1 amide bonds. The number of hydrogen-bond donors (Lipinski definition) is 2. The Morgan fingerprint density at radius 1 is 1.12 bits per heavy atom. The number of hydrogen-bond acceptors (Lipinski definition) is 6. The molecule has 138 valence electrons. The van der Waals surface area contributed by atoms with E-state index >= 15 is 0 Å². The van der Waals surface area contributed by atoms with Crippen molar-refractivity contribution in [3.63, 3.8) is 0 Å². The van der Waals surface area contributed by atoms with Crippen molar-refractivity contribution in [2.24, 2.45) is 5.73 Å². The lowest BCUT2D eigenvalue weighted by Gasteiger charge is -2.48. The average Bonchev–Trinajstić information content (AvgIpc) is 2.64. The average molecular weight is 346 g/mol. The van der Waals surface area contributed by atoms with Crippen molar-refractivity contribution in [3.8, 4) is 0 Å². The quantitative estimate of drug-likeness (QED) is 0.850. The topological polar surface area (TPSA) is 101 Å². The summed E-state index contributed by atoms with van der Waals surface area (Å²) in [5, 5.41) is 0. The van der Waals surface area contributed by atoms with Crippen LogP contribution in [0.3, 0.4) is 0 Å². The zero-order valence-electron chi connectivity index (χ0n) is 15.4. The maximum absolute atomic E-state index is 12.4. The van der Waals surface area contributed by atoms with Crippen molar-refractivity contribution < 1.29 is 4.79 Å². The second-order valence-corrected chi connectivity index (χ2v) is 7.26. The number of aryl methyl sites for hydroxylation is 1. The van der Waals surface area contributed by atoms with Crippen LogP contribution in [0.5, 0.6) is 0 Å². The molecular weight excluding hydrogens is 316 g/mol. The predicted octanol–water partition coefficient (Wildman–Crippen LogP) is 1.24. The maximum atomic E-state index is 12.4. The van der Waals surface area contributed by atoms with Crippen LogP contribution in [0.2, 0.25) is 0 Å². The van der Waals surface area contributed by atoms with E-state index in [-0.39, 0.29) is 5.91 Å². The van der Waals surface area contributed by atoms with E-state index in [1.807, 2.05) is 6.92 Å². The van der Waals surface area contributed by atoms with Crippen LogP contribution < -0.4 is 16.4 Å².